The Morgan fingerprint density at radius 1 is 0.636 bits per heavy atom. The van der Waals surface area contributed by atoms with Crippen LogP contribution >= 0.6 is 0 Å². The maximum atomic E-state index is 9.03. The summed E-state index contributed by atoms with van der Waals surface area (Å²) in [6.07, 6.45) is 31.2. The van der Waals surface area contributed by atoms with Gasteiger partial charge in [-0.15, -0.1) is 0 Å². The van der Waals surface area contributed by atoms with E-state index in [4.69, 9.17) is 19.3 Å². The monoisotopic (exact) mass is 610 g/mol. The van der Waals surface area contributed by atoms with Crippen molar-refractivity contribution in [3.05, 3.63) is 69.9 Å². The van der Waals surface area contributed by atoms with Crippen LogP contribution in [0.15, 0.2) is 69.9 Å². The molecule has 0 aromatic rings. The zero-order valence-electron chi connectivity index (χ0n) is 29.3. The average molecular weight is 611 g/mol. The van der Waals surface area contributed by atoms with E-state index in [9.17, 15) is 0 Å². The summed E-state index contributed by atoms with van der Waals surface area (Å²) in [6, 6.07) is 0. The minimum atomic E-state index is 0.0261. The normalized spacial score (nSPS) is 22.4. The van der Waals surface area contributed by atoms with Crippen molar-refractivity contribution >= 4 is 0 Å². The van der Waals surface area contributed by atoms with E-state index in [1.807, 2.05) is 6.08 Å². The quantitative estimate of drug-likeness (QED) is 0.139. The molecule has 3 atom stereocenters. The van der Waals surface area contributed by atoms with Crippen LogP contribution in [0.5, 0.6) is 0 Å². The van der Waals surface area contributed by atoms with Gasteiger partial charge in [-0.1, -0.05) is 64.3 Å². The van der Waals surface area contributed by atoms with Crippen molar-refractivity contribution in [2.24, 2.45) is 0 Å². The molecule has 0 aliphatic carbocycles. The topological polar surface area (TPSA) is 47.9 Å². The molecule has 0 bridgehead atoms. The van der Waals surface area contributed by atoms with Gasteiger partial charge in [-0.3, -0.25) is 0 Å². The molecule has 2 heterocycles. The van der Waals surface area contributed by atoms with Gasteiger partial charge in [0.25, 0.3) is 0 Å². The van der Waals surface area contributed by atoms with Crippen LogP contribution < -0.4 is 0 Å². The molecule has 4 nitrogen and oxygen atoms in total. The summed E-state index contributed by atoms with van der Waals surface area (Å²) in [4.78, 5) is 0. The third-order valence-corrected chi connectivity index (χ3v) is 9.07. The molecule has 2 aliphatic heterocycles. The molecule has 0 aromatic carbocycles. The molecular weight excluding hydrogens is 544 g/mol. The minimum Gasteiger partial charge on any atom is -0.392 e. The third kappa shape index (κ3) is 17.7. The van der Waals surface area contributed by atoms with Crippen molar-refractivity contribution < 1.29 is 19.3 Å². The van der Waals surface area contributed by atoms with Crippen molar-refractivity contribution in [2.45, 2.75) is 156 Å². The first-order valence-electron chi connectivity index (χ1n) is 17.7. The van der Waals surface area contributed by atoms with Gasteiger partial charge in [0.15, 0.2) is 0 Å². The molecule has 0 spiro atoms. The van der Waals surface area contributed by atoms with E-state index in [0.29, 0.717) is 12.7 Å². The molecule has 44 heavy (non-hydrogen) atoms. The fraction of sp³-hybridized carbons (Fsp3) is 0.700. The van der Waals surface area contributed by atoms with Crippen LogP contribution in [-0.4, -0.2) is 49.8 Å². The van der Waals surface area contributed by atoms with Gasteiger partial charge in [-0.2, -0.15) is 0 Å². The number of hydrogen-bond acceptors (Lipinski definition) is 4. The number of aliphatic hydroxyl groups excluding tert-OH is 1. The highest BCUT2D eigenvalue weighted by molar-refractivity contribution is 5.12. The molecule has 3 unspecified atom stereocenters. The summed E-state index contributed by atoms with van der Waals surface area (Å²) in [7, 11) is 0. The van der Waals surface area contributed by atoms with E-state index < -0.39 is 0 Å². The summed E-state index contributed by atoms with van der Waals surface area (Å²) in [5, 5.41) is 9.03. The fourth-order valence-corrected chi connectivity index (χ4v) is 6.09. The number of aliphatic hydroxyl groups is 1. The lowest BCUT2D eigenvalue weighted by molar-refractivity contribution is -0.0708. The lowest BCUT2D eigenvalue weighted by atomic mass is 9.97. The lowest BCUT2D eigenvalue weighted by Crippen LogP contribution is -2.35. The van der Waals surface area contributed by atoms with E-state index in [1.165, 1.54) is 59.1 Å². The molecule has 0 radical (unpaired) electrons. The molecule has 250 valence electrons. The first-order valence-corrected chi connectivity index (χ1v) is 17.7. The molecule has 2 rings (SSSR count). The van der Waals surface area contributed by atoms with Crippen LogP contribution in [0.1, 0.15) is 138 Å². The van der Waals surface area contributed by atoms with Gasteiger partial charge >= 0.3 is 0 Å². The molecule has 0 amide bonds. The number of allylic oxidation sites excluding steroid dienone is 8. The molecule has 0 saturated carbocycles. The summed E-state index contributed by atoms with van der Waals surface area (Å²) in [5.74, 6) is 0. The standard InChI is InChI=1S/C40H66O4/c1-32(17-13-21-36(5)31-38-23-7-9-28-42-38)16-12-19-35(4)26-30-44-40(39-24-8-10-29-43-39)37(6)22-14-20-33(2)15-11-18-34(3)25-27-41/h15-16,21-22,25-26,38-41H,7-14,17-20,23-24,27-31H2,1-6H3. The Morgan fingerprint density at radius 3 is 1.70 bits per heavy atom. The van der Waals surface area contributed by atoms with Crippen molar-refractivity contribution in [3.63, 3.8) is 0 Å². The van der Waals surface area contributed by atoms with Gasteiger partial charge in [0.05, 0.1) is 25.4 Å². The van der Waals surface area contributed by atoms with Crippen LogP contribution in [0.3, 0.4) is 0 Å². The van der Waals surface area contributed by atoms with Crippen molar-refractivity contribution in [3.8, 4) is 0 Å². The van der Waals surface area contributed by atoms with Gasteiger partial charge < -0.3 is 19.3 Å². The summed E-state index contributed by atoms with van der Waals surface area (Å²) in [6.45, 7) is 15.9. The lowest BCUT2D eigenvalue weighted by Gasteiger charge is -2.31. The maximum Gasteiger partial charge on any atom is 0.105 e. The van der Waals surface area contributed by atoms with Crippen molar-refractivity contribution in [2.75, 3.05) is 26.4 Å². The zero-order chi connectivity index (χ0) is 32.0. The second-order valence-electron chi connectivity index (χ2n) is 13.4. The molecule has 2 aliphatic rings. The SMILES string of the molecule is CC(=CCO)CCC=C(C)CCC=C(C)C(OCC=C(C)CCC=C(C)CCC=C(C)CC1CCCCO1)C1CCCCO1. The molecule has 0 aromatic heterocycles. The summed E-state index contributed by atoms with van der Waals surface area (Å²) < 4.78 is 18.6. The maximum absolute atomic E-state index is 9.03. The van der Waals surface area contributed by atoms with Crippen LogP contribution in [0.4, 0.5) is 0 Å². The Kier molecular flexibility index (Phi) is 20.6. The van der Waals surface area contributed by atoms with Gasteiger partial charge in [-0.05, 0) is 143 Å². The van der Waals surface area contributed by atoms with Gasteiger partial charge in [0, 0.05) is 13.2 Å². The highest BCUT2D eigenvalue weighted by Crippen LogP contribution is 2.24. The largest absolute Gasteiger partial charge is 0.392 e. The number of ether oxygens (including phenoxy) is 3. The Bertz CT molecular complexity index is 967. The Morgan fingerprint density at radius 2 is 1.16 bits per heavy atom. The predicted octanol–water partition coefficient (Wildman–Crippen LogP) is 10.7. The highest BCUT2D eigenvalue weighted by atomic mass is 16.5. The Hall–Kier alpha value is -1.72. The number of hydrogen-bond donors (Lipinski definition) is 1. The zero-order valence-corrected chi connectivity index (χ0v) is 29.3. The van der Waals surface area contributed by atoms with E-state index in [-0.39, 0.29) is 18.8 Å². The highest BCUT2D eigenvalue weighted by Gasteiger charge is 2.26. The fourth-order valence-electron chi connectivity index (χ4n) is 6.09. The molecule has 2 fully saturated rings. The van der Waals surface area contributed by atoms with E-state index in [0.717, 1.165) is 83.8 Å². The predicted molar refractivity (Wildman–Crippen MR) is 188 cm³/mol. The van der Waals surface area contributed by atoms with Crippen molar-refractivity contribution in [1.29, 1.82) is 0 Å². The van der Waals surface area contributed by atoms with E-state index >= 15 is 0 Å². The first kappa shape index (κ1) is 38.5. The average Bonchev–Trinajstić information content (AvgIpc) is 3.00. The molecule has 4 heteroatoms. The van der Waals surface area contributed by atoms with E-state index in [2.05, 4.69) is 71.9 Å². The van der Waals surface area contributed by atoms with E-state index in [1.54, 1.807) is 0 Å². The van der Waals surface area contributed by atoms with Gasteiger partial charge in [0.2, 0.25) is 0 Å². The third-order valence-electron chi connectivity index (χ3n) is 9.07. The van der Waals surface area contributed by atoms with Crippen LogP contribution in [-0.2, 0) is 14.2 Å². The molecule has 2 saturated heterocycles. The molecule has 1 N–H and O–H groups in total. The molecular formula is C40H66O4. The second kappa shape index (κ2) is 23.6. The Labute approximate surface area is 271 Å². The smallest absolute Gasteiger partial charge is 0.105 e. The summed E-state index contributed by atoms with van der Waals surface area (Å²) in [5.41, 5.74) is 8.34. The Balaban J connectivity index is 1.77. The van der Waals surface area contributed by atoms with Crippen molar-refractivity contribution in [1.82, 2.24) is 0 Å². The van der Waals surface area contributed by atoms with Gasteiger partial charge in [-0.25, -0.2) is 0 Å². The van der Waals surface area contributed by atoms with Gasteiger partial charge in [0.1, 0.15) is 6.10 Å². The first-order chi connectivity index (χ1) is 21.3. The minimum absolute atomic E-state index is 0.0261. The van der Waals surface area contributed by atoms with Crippen LogP contribution in [0.2, 0.25) is 0 Å². The second-order valence-corrected chi connectivity index (χ2v) is 13.4. The van der Waals surface area contributed by atoms with Crippen LogP contribution in [0.25, 0.3) is 0 Å². The summed E-state index contributed by atoms with van der Waals surface area (Å²) >= 11 is 0. The number of rotatable bonds is 20. The van der Waals surface area contributed by atoms with Crippen LogP contribution in [0, 0.1) is 0 Å².